The van der Waals surface area contributed by atoms with Gasteiger partial charge in [0.2, 0.25) is 0 Å². The van der Waals surface area contributed by atoms with Crippen molar-refractivity contribution in [2.45, 2.75) is 38.3 Å². The zero-order valence-corrected chi connectivity index (χ0v) is 10.9. The van der Waals surface area contributed by atoms with Gasteiger partial charge in [0.05, 0.1) is 12.7 Å². The highest BCUT2D eigenvalue weighted by molar-refractivity contribution is 5.38. The van der Waals surface area contributed by atoms with E-state index in [2.05, 4.69) is 17.9 Å². The summed E-state index contributed by atoms with van der Waals surface area (Å²) in [5.41, 5.74) is 2.73. The average Bonchev–Trinajstić information content (AvgIpc) is 2.37. The molecule has 1 aromatic rings. The van der Waals surface area contributed by atoms with Crippen LogP contribution in [0.2, 0.25) is 0 Å². The lowest BCUT2D eigenvalue weighted by atomic mass is 9.86. The number of fused-ring (bicyclic) bond motifs is 1. The summed E-state index contributed by atoms with van der Waals surface area (Å²) in [7, 11) is 0. The first-order valence-corrected chi connectivity index (χ1v) is 6.91. The standard InChI is InChI=1S/C15H21NO2/c1-11-10-16(7-8-18-11)15-4-2-3-12-9-13(17)5-6-14(12)15/h5-6,9,11,15,17H,2-4,7-8,10H2,1H3. The maximum absolute atomic E-state index is 9.59. The van der Waals surface area contributed by atoms with E-state index in [1.54, 1.807) is 0 Å². The van der Waals surface area contributed by atoms with Gasteiger partial charge < -0.3 is 9.84 Å². The number of hydrogen-bond acceptors (Lipinski definition) is 3. The Hall–Kier alpha value is -1.06. The molecule has 2 aliphatic rings. The van der Waals surface area contributed by atoms with Crippen LogP contribution in [0.3, 0.4) is 0 Å². The number of rotatable bonds is 1. The molecule has 98 valence electrons. The van der Waals surface area contributed by atoms with Crippen LogP contribution in [0.5, 0.6) is 5.75 Å². The van der Waals surface area contributed by atoms with Crippen LogP contribution >= 0.6 is 0 Å². The van der Waals surface area contributed by atoms with Gasteiger partial charge in [-0.15, -0.1) is 0 Å². The number of phenols is 1. The molecular weight excluding hydrogens is 226 g/mol. The maximum atomic E-state index is 9.59. The molecule has 3 nitrogen and oxygen atoms in total. The van der Waals surface area contributed by atoms with Crippen LogP contribution < -0.4 is 0 Å². The van der Waals surface area contributed by atoms with E-state index in [-0.39, 0.29) is 0 Å². The third-order valence-corrected chi connectivity index (χ3v) is 4.12. The van der Waals surface area contributed by atoms with E-state index in [4.69, 9.17) is 4.74 Å². The van der Waals surface area contributed by atoms with Gasteiger partial charge in [0.1, 0.15) is 5.75 Å². The third kappa shape index (κ3) is 2.25. The second-order valence-corrected chi connectivity index (χ2v) is 5.47. The molecule has 1 fully saturated rings. The Morgan fingerprint density at radius 1 is 1.39 bits per heavy atom. The fourth-order valence-corrected chi connectivity index (χ4v) is 3.28. The molecule has 1 saturated heterocycles. The fourth-order valence-electron chi connectivity index (χ4n) is 3.28. The highest BCUT2D eigenvalue weighted by Gasteiger charge is 2.29. The first kappa shape index (κ1) is 12.0. The quantitative estimate of drug-likeness (QED) is 0.827. The summed E-state index contributed by atoms with van der Waals surface area (Å²) >= 11 is 0. The summed E-state index contributed by atoms with van der Waals surface area (Å²) in [6, 6.07) is 6.38. The highest BCUT2D eigenvalue weighted by Crippen LogP contribution is 2.36. The molecule has 3 heteroatoms. The van der Waals surface area contributed by atoms with Gasteiger partial charge in [-0.2, -0.15) is 0 Å². The molecule has 1 aliphatic heterocycles. The van der Waals surface area contributed by atoms with Crippen LogP contribution in [0, 0.1) is 0 Å². The Balaban J connectivity index is 1.86. The Morgan fingerprint density at radius 2 is 2.28 bits per heavy atom. The van der Waals surface area contributed by atoms with Crippen molar-refractivity contribution in [1.29, 1.82) is 0 Å². The van der Waals surface area contributed by atoms with E-state index in [0.717, 1.165) is 26.1 Å². The molecule has 3 rings (SSSR count). The van der Waals surface area contributed by atoms with Crippen LogP contribution in [0.25, 0.3) is 0 Å². The molecule has 0 aromatic heterocycles. The molecule has 0 bridgehead atoms. The number of hydrogen-bond donors (Lipinski definition) is 1. The van der Waals surface area contributed by atoms with Gasteiger partial charge in [0.15, 0.2) is 0 Å². The molecule has 1 heterocycles. The molecule has 1 aromatic carbocycles. The lowest BCUT2D eigenvalue weighted by molar-refractivity contribution is -0.0371. The van der Waals surface area contributed by atoms with Crippen molar-refractivity contribution >= 4 is 0 Å². The minimum Gasteiger partial charge on any atom is -0.508 e. The number of ether oxygens (including phenoxy) is 1. The summed E-state index contributed by atoms with van der Waals surface area (Å²) in [5, 5.41) is 9.59. The SMILES string of the molecule is CC1CN(C2CCCc3cc(O)ccc32)CCO1. The predicted molar refractivity (Wildman–Crippen MR) is 70.8 cm³/mol. The Bertz CT molecular complexity index is 433. The topological polar surface area (TPSA) is 32.7 Å². The predicted octanol–water partition coefficient (Wildman–Crippen LogP) is 2.49. The number of phenolic OH excluding ortho intramolecular Hbond substituents is 1. The van der Waals surface area contributed by atoms with Crippen LogP contribution in [0.1, 0.15) is 36.9 Å². The van der Waals surface area contributed by atoms with Crippen molar-refractivity contribution in [3.63, 3.8) is 0 Å². The Kier molecular flexibility index (Phi) is 3.27. The molecule has 1 N–H and O–H groups in total. The molecule has 1 aliphatic carbocycles. The van der Waals surface area contributed by atoms with Crippen molar-refractivity contribution in [2.75, 3.05) is 19.7 Å². The van der Waals surface area contributed by atoms with Crippen LogP contribution in [-0.2, 0) is 11.2 Å². The molecule has 2 unspecified atom stereocenters. The lowest BCUT2D eigenvalue weighted by Crippen LogP contribution is -2.43. The van der Waals surface area contributed by atoms with Gasteiger partial charge in [-0.3, -0.25) is 4.90 Å². The maximum Gasteiger partial charge on any atom is 0.115 e. The molecule has 2 atom stereocenters. The number of morpholine rings is 1. The summed E-state index contributed by atoms with van der Waals surface area (Å²) in [4.78, 5) is 2.54. The molecule has 0 spiro atoms. The van der Waals surface area contributed by atoms with Crippen LogP contribution in [0.15, 0.2) is 18.2 Å². The smallest absolute Gasteiger partial charge is 0.115 e. The molecule has 18 heavy (non-hydrogen) atoms. The first-order valence-electron chi connectivity index (χ1n) is 6.91. The zero-order chi connectivity index (χ0) is 12.5. The number of aromatic hydroxyl groups is 1. The number of aryl methyl sites for hydroxylation is 1. The van der Waals surface area contributed by atoms with Crippen LogP contribution in [0.4, 0.5) is 0 Å². The monoisotopic (exact) mass is 247 g/mol. The Morgan fingerprint density at radius 3 is 3.11 bits per heavy atom. The zero-order valence-electron chi connectivity index (χ0n) is 10.9. The summed E-state index contributed by atoms with van der Waals surface area (Å²) in [5.74, 6) is 0.393. The summed E-state index contributed by atoms with van der Waals surface area (Å²) < 4.78 is 5.62. The number of nitrogens with zero attached hydrogens (tertiary/aromatic N) is 1. The van der Waals surface area contributed by atoms with Crippen molar-refractivity contribution in [3.8, 4) is 5.75 Å². The lowest BCUT2D eigenvalue weighted by Gasteiger charge is -2.40. The van der Waals surface area contributed by atoms with Crippen LogP contribution in [-0.4, -0.2) is 35.8 Å². The van der Waals surface area contributed by atoms with Gasteiger partial charge in [-0.1, -0.05) is 6.07 Å². The van der Waals surface area contributed by atoms with Gasteiger partial charge in [-0.05, 0) is 49.4 Å². The minimum absolute atomic E-state index is 0.334. The molecule has 0 radical (unpaired) electrons. The van der Waals surface area contributed by atoms with Crippen molar-refractivity contribution in [3.05, 3.63) is 29.3 Å². The summed E-state index contributed by atoms with van der Waals surface area (Å²) in [6.45, 7) is 5.03. The minimum atomic E-state index is 0.334. The van der Waals surface area contributed by atoms with E-state index in [9.17, 15) is 5.11 Å². The Labute approximate surface area is 108 Å². The van der Waals surface area contributed by atoms with Crippen molar-refractivity contribution in [2.24, 2.45) is 0 Å². The fraction of sp³-hybridized carbons (Fsp3) is 0.600. The van der Waals surface area contributed by atoms with Gasteiger partial charge in [0.25, 0.3) is 0 Å². The summed E-state index contributed by atoms with van der Waals surface area (Å²) in [6.07, 6.45) is 3.87. The van der Waals surface area contributed by atoms with Gasteiger partial charge in [-0.25, -0.2) is 0 Å². The van der Waals surface area contributed by atoms with E-state index in [0.29, 0.717) is 17.9 Å². The molecular formula is C15H21NO2. The van der Waals surface area contributed by atoms with E-state index in [1.165, 1.54) is 24.0 Å². The van der Waals surface area contributed by atoms with Crippen molar-refractivity contribution in [1.82, 2.24) is 4.90 Å². The highest BCUT2D eigenvalue weighted by atomic mass is 16.5. The molecule has 0 amide bonds. The van der Waals surface area contributed by atoms with Gasteiger partial charge >= 0.3 is 0 Å². The largest absolute Gasteiger partial charge is 0.508 e. The third-order valence-electron chi connectivity index (χ3n) is 4.12. The molecule has 0 saturated carbocycles. The first-order chi connectivity index (χ1) is 8.74. The van der Waals surface area contributed by atoms with Crippen molar-refractivity contribution < 1.29 is 9.84 Å². The second-order valence-electron chi connectivity index (χ2n) is 5.47. The van der Waals surface area contributed by atoms with E-state index < -0.39 is 0 Å². The van der Waals surface area contributed by atoms with Gasteiger partial charge in [0, 0.05) is 19.1 Å². The van der Waals surface area contributed by atoms with E-state index in [1.807, 2.05) is 12.1 Å². The average molecular weight is 247 g/mol. The normalized spacial score (nSPS) is 28.9. The second kappa shape index (κ2) is 4.90. The van der Waals surface area contributed by atoms with E-state index >= 15 is 0 Å². The number of benzene rings is 1.